The fourth-order valence-corrected chi connectivity index (χ4v) is 4.44. The Morgan fingerprint density at radius 2 is 1.90 bits per heavy atom. The molecule has 5 nitrogen and oxygen atoms in total. The molecule has 0 radical (unpaired) electrons. The summed E-state index contributed by atoms with van der Waals surface area (Å²) in [4.78, 5) is 4.36. The van der Waals surface area contributed by atoms with Crippen molar-refractivity contribution in [2.75, 3.05) is 20.2 Å². The van der Waals surface area contributed by atoms with Crippen LogP contribution in [0.4, 0.5) is 0 Å². The molecule has 1 aliphatic heterocycles. The molecule has 2 unspecified atom stereocenters. The number of hydrogen-bond donors (Lipinski definition) is 0. The number of methoxy groups -OCH3 is 1. The summed E-state index contributed by atoms with van der Waals surface area (Å²) < 4.78 is 31.5. The van der Waals surface area contributed by atoms with Crippen molar-refractivity contribution in [1.29, 1.82) is 0 Å². The Morgan fingerprint density at radius 3 is 2.40 bits per heavy atom. The maximum absolute atomic E-state index is 12.5. The average molecular weight is 310 g/mol. The molecule has 0 aromatic heterocycles. The maximum Gasteiger partial charge on any atom is 0.243 e. The molecule has 1 aromatic carbocycles. The van der Waals surface area contributed by atoms with Crippen molar-refractivity contribution in [2.24, 2.45) is 16.8 Å². The van der Waals surface area contributed by atoms with Gasteiger partial charge in [-0.3, -0.25) is 0 Å². The van der Waals surface area contributed by atoms with E-state index in [9.17, 15) is 8.42 Å². The molecular weight excluding hydrogens is 296 g/mol. The van der Waals surface area contributed by atoms with Crippen molar-refractivity contribution in [1.82, 2.24) is 4.31 Å². The molecule has 1 saturated heterocycles. The van der Waals surface area contributed by atoms with E-state index >= 15 is 0 Å². The summed E-state index contributed by atoms with van der Waals surface area (Å²) in [7, 11) is -1.86. The zero-order valence-electron chi connectivity index (χ0n) is 10.9. The van der Waals surface area contributed by atoms with Crippen molar-refractivity contribution in [2.45, 2.75) is 10.9 Å². The van der Waals surface area contributed by atoms with Gasteiger partial charge in [-0.25, -0.2) is 13.4 Å². The Kier molecular flexibility index (Phi) is 3.38. The van der Waals surface area contributed by atoms with Crippen molar-refractivity contribution >= 4 is 27.4 Å². The second kappa shape index (κ2) is 4.93. The molecule has 0 bridgehead atoms. The van der Waals surface area contributed by atoms with E-state index in [0.717, 1.165) is 0 Å². The highest BCUT2D eigenvalue weighted by atomic mass is 32.2. The molecule has 1 aromatic rings. The molecular formula is C13H14N2O3S2. The van der Waals surface area contributed by atoms with Crippen LogP contribution < -0.4 is 4.74 Å². The number of hydrogen-bond acceptors (Lipinski definition) is 5. The summed E-state index contributed by atoms with van der Waals surface area (Å²) in [5.41, 5.74) is 0. The number of nitrogens with zero attached hydrogens (tertiary/aromatic N) is 2. The minimum Gasteiger partial charge on any atom is -0.497 e. The number of ether oxygens (including phenoxy) is 1. The van der Waals surface area contributed by atoms with Gasteiger partial charge >= 0.3 is 0 Å². The second-order valence-corrected chi connectivity index (χ2v) is 7.16. The van der Waals surface area contributed by atoms with E-state index in [1.54, 1.807) is 31.4 Å². The van der Waals surface area contributed by atoms with Gasteiger partial charge in [-0.15, -0.1) is 0 Å². The lowest BCUT2D eigenvalue weighted by atomic mass is 10.3. The topological polar surface area (TPSA) is 59.0 Å². The molecule has 7 heteroatoms. The number of benzene rings is 1. The van der Waals surface area contributed by atoms with Gasteiger partial charge in [-0.2, -0.15) is 4.31 Å². The second-order valence-electron chi connectivity index (χ2n) is 5.04. The predicted molar refractivity (Wildman–Crippen MR) is 77.5 cm³/mol. The highest BCUT2D eigenvalue weighted by Gasteiger charge is 2.58. The summed E-state index contributed by atoms with van der Waals surface area (Å²) >= 11 is 4.59. The third-order valence-corrected chi connectivity index (χ3v) is 5.97. The third kappa shape index (κ3) is 2.16. The fourth-order valence-electron chi connectivity index (χ4n) is 2.80. The summed E-state index contributed by atoms with van der Waals surface area (Å²) in [6.07, 6.45) is 0. The zero-order valence-corrected chi connectivity index (χ0v) is 12.5. The number of thiocarbonyl (C=S) groups is 1. The molecule has 2 fully saturated rings. The highest BCUT2D eigenvalue weighted by molar-refractivity contribution is 7.89. The molecule has 2 atom stereocenters. The van der Waals surface area contributed by atoms with Crippen LogP contribution >= 0.6 is 12.2 Å². The smallest absolute Gasteiger partial charge is 0.243 e. The third-order valence-electron chi connectivity index (χ3n) is 4.01. The molecule has 1 saturated carbocycles. The summed E-state index contributed by atoms with van der Waals surface area (Å²) in [5.74, 6) is 1.25. The van der Waals surface area contributed by atoms with Crippen LogP contribution in [0.5, 0.6) is 5.75 Å². The Labute approximate surface area is 123 Å². The number of piperidine rings is 1. The average Bonchev–Trinajstić information content (AvgIpc) is 2.90. The minimum absolute atomic E-state index is 0.176. The van der Waals surface area contributed by atoms with E-state index < -0.39 is 10.0 Å². The van der Waals surface area contributed by atoms with Gasteiger partial charge in [-0.1, -0.05) is 0 Å². The lowest BCUT2D eigenvalue weighted by Crippen LogP contribution is -2.32. The van der Waals surface area contributed by atoms with Gasteiger partial charge in [0.05, 0.1) is 23.2 Å². The number of fused-ring (bicyclic) bond motifs is 1. The van der Waals surface area contributed by atoms with Crippen molar-refractivity contribution in [3.05, 3.63) is 24.3 Å². The van der Waals surface area contributed by atoms with Gasteiger partial charge in [0.15, 0.2) is 0 Å². The number of sulfonamides is 1. The lowest BCUT2D eigenvalue weighted by molar-refractivity contribution is 0.414. The van der Waals surface area contributed by atoms with Crippen molar-refractivity contribution in [3.63, 3.8) is 0 Å². The number of rotatable bonds is 4. The minimum atomic E-state index is -3.41. The molecule has 2 aliphatic rings. The van der Waals surface area contributed by atoms with E-state index in [0.29, 0.717) is 35.6 Å². The van der Waals surface area contributed by atoms with Gasteiger partial charge in [-0.05, 0) is 36.5 Å². The Bertz CT molecular complexity index is 653. The SMILES string of the molecule is COc1ccc(S(=O)(=O)N2CC3C(C2)C3N=C=S)cc1. The van der Waals surface area contributed by atoms with E-state index in [4.69, 9.17) is 4.74 Å². The normalized spacial score (nSPS) is 28.6. The van der Waals surface area contributed by atoms with Crippen LogP contribution in [0.15, 0.2) is 34.2 Å². The van der Waals surface area contributed by atoms with E-state index in [-0.39, 0.29) is 6.04 Å². The van der Waals surface area contributed by atoms with Gasteiger partial charge < -0.3 is 4.74 Å². The lowest BCUT2D eigenvalue weighted by Gasteiger charge is -2.18. The van der Waals surface area contributed by atoms with Crippen LogP contribution in [0.3, 0.4) is 0 Å². The molecule has 1 aliphatic carbocycles. The highest BCUT2D eigenvalue weighted by Crippen LogP contribution is 2.49. The Hall–Kier alpha value is -1.27. The first kappa shape index (κ1) is 13.7. The van der Waals surface area contributed by atoms with Gasteiger partial charge in [0, 0.05) is 24.9 Å². The van der Waals surface area contributed by atoms with Gasteiger partial charge in [0.1, 0.15) is 5.75 Å². The molecule has 20 heavy (non-hydrogen) atoms. The monoisotopic (exact) mass is 310 g/mol. The molecule has 0 spiro atoms. The number of aliphatic imine (C=N–C) groups is 1. The van der Waals surface area contributed by atoms with Crippen LogP contribution in [0.25, 0.3) is 0 Å². The molecule has 1 heterocycles. The Balaban J connectivity index is 1.75. The summed E-state index contributed by atoms with van der Waals surface area (Å²) in [5, 5.41) is 2.38. The maximum atomic E-state index is 12.5. The van der Waals surface area contributed by atoms with E-state index in [1.165, 1.54) is 4.31 Å². The van der Waals surface area contributed by atoms with Gasteiger partial charge in [0.2, 0.25) is 10.0 Å². The van der Waals surface area contributed by atoms with Crippen LogP contribution in [0, 0.1) is 11.8 Å². The first-order chi connectivity index (χ1) is 9.57. The van der Waals surface area contributed by atoms with Crippen molar-refractivity contribution in [3.8, 4) is 5.75 Å². The van der Waals surface area contributed by atoms with Crippen LogP contribution in [0.2, 0.25) is 0 Å². The van der Waals surface area contributed by atoms with Crippen molar-refractivity contribution < 1.29 is 13.2 Å². The zero-order chi connectivity index (χ0) is 14.3. The number of isothiocyanates is 1. The molecule has 0 amide bonds. The van der Waals surface area contributed by atoms with Gasteiger partial charge in [0.25, 0.3) is 0 Å². The summed E-state index contributed by atoms with van der Waals surface area (Å²) in [6, 6.07) is 6.64. The largest absolute Gasteiger partial charge is 0.497 e. The van der Waals surface area contributed by atoms with E-state index in [1.807, 2.05) is 0 Å². The first-order valence-corrected chi connectivity index (χ1v) is 8.14. The fraction of sp³-hybridized carbons (Fsp3) is 0.462. The van der Waals surface area contributed by atoms with Crippen LogP contribution in [0.1, 0.15) is 0 Å². The van der Waals surface area contributed by atoms with Crippen LogP contribution in [-0.4, -0.2) is 44.1 Å². The molecule has 0 N–H and O–H groups in total. The molecule has 106 valence electrons. The van der Waals surface area contributed by atoms with Crippen LogP contribution in [-0.2, 0) is 10.0 Å². The quantitative estimate of drug-likeness (QED) is 0.623. The predicted octanol–water partition coefficient (Wildman–Crippen LogP) is 1.42. The Morgan fingerprint density at radius 1 is 1.30 bits per heavy atom. The first-order valence-electron chi connectivity index (χ1n) is 6.29. The molecule has 3 rings (SSSR count). The standard InChI is InChI=1S/C13H14N2O3S2/c1-18-9-2-4-10(5-3-9)20(16,17)15-6-11-12(7-15)13(11)14-8-19/h2-5,11-13H,6-7H2,1H3. The van der Waals surface area contributed by atoms with E-state index in [2.05, 4.69) is 22.4 Å². The summed E-state index contributed by atoms with van der Waals surface area (Å²) in [6.45, 7) is 1.04.